The molecule has 0 saturated carbocycles. The second-order valence-electron chi connectivity index (χ2n) is 5.19. The Bertz CT molecular complexity index is 431. The zero-order chi connectivity index (χ0) is 15.7. The van der Waals surface area contributed by atoms with Gasteiger partial charge in [0.2, 0.25) is 5.91 Å². The van der Waals surface area contributed by atoms with E-state index in [1.165, 1.54) is 5.56 Å². The molecule has 1 N–H and O–H groups in total. The Morgan fingerprint density at radius 3 is 2.57 bits per heavy atom. The number of carbonyl (C=O) groups excluding carboxylic acids is 1. The third-order valence-electron chi connectivity index (χ3n) is 3.67. The maximum atomic E-state index is 11.9. The van der Waals surface area contributed by atoms with Gasteiger partial charge in [-0.1, -0.05) is 18.2 Å². The molecule has 1 unspecified atom stereocenters. The summed E-state index contributed by atoms with van der Waals surface area (Å²) in [6.07, 6.45) is 1.45. The van der Waals surface area contributed by atoms with Gasteiger partial charge in [0, 0.05) is 32.1 Å². The van der Waals surface area contributed by atoms with Gasteiger partial charge < -0.3 is 15.0 Å². The summed E-state index contributed by atoms with van der Waals surface area (Å²) in [5.74, 6) is 1.14. The molecule has 4 nitrogen and oxygen atoms in total. The van der Waals surface area contributed by atoms with Crippen molar-refractivity contribution in [2.45, 2.75) is 39.7 Å². The lowest BCUT2D eigenvalue weighted by Crippen LogP contribution is -2.35. The van der Waals surface area contributed by atoms with Crippen LogP contribution in [0.4, 0.5) is 0 Å². The molecule has 1 atom stereocenters. The highest BCUT2D eigenvalue weighted by Gasteiger charge is 2.11. The van der Waals surface area contributed by atoms with Crippen molar-refractivity contribution < 1.29 is 9.53 Å². The summed E-state index contributed by atoms with van der Waals surface area (Å²) >= 11 is 0. The second kappa shape index (κ2) is 9.40. The number of nitrogens with zero attached hydrogens (tertiary/aromatic N) is 1. The van der Waals surface area contributed by atoms with Crippen LogP contribution in [0.1, 0.15) is 32.8 Å². The minimum absolute atomic E-state index is 0.219. The Labute approximate surface area is 128 Å². The van der Waals surface area contributed by atoms with Gasteiger partial charge in [-0.2, -0.15) is 0 Å². The van der Waals surface area contributed by atoms with E-state index < -0.39 is 0 Å². The molecule has 0 aliphatic carbocycles. The lowest BCUT2D eigenvalue weighted by atomic mass is 10.1. The highest BCUT2D eigenvalue weighted by Crippen LogP contribution is 2.18. The summed E-state index contributed by atoms with van der Waals surface area (Å²) in [5, 5.41) is 3.41. The molecular formula is C17H28N2O2. The quantitative estimate of drug-likeness (QED) is 0.760. The normalized spacial score (nSPS) is 12.0. The SMILES string of the molecule is CCN(CC)C(=O)CCNC(C)Cc1ccccc1OC. The molecule has 0 saturated heterocycles. The van der Waals surface area contributed by atoms with Crippen molar-refractivity contribution in [2.24, 2.45) is 0 Å². The fourth-order valence-corrected chi connectivity index (χ4v) is 2.43. The first-order valence-electron chi connectivity index (χ1n) is 7.75. The number of methoxy groups -OCH3 is 1. The van der Waals surface area contributed by atoms with Crippen molar-refractivity contribution in [2.75, 3.05) is 26.7 Å². The van der Waals surface area contributed by atoms with Gasteiger partial charge in [-0.15, -0.1) is 0 Å². The molecule has 0 radical (unpaired) electrons. The Morgan fingerprint density at radius 2 is 1.95 bits per heavy atom. The summed E-state index contributed by atoms with van der Waals surface area (Å²) in [4.78, 5) is 13.8. The molecule has 0 heterocycles. The topological polar surface area (TPSA) is 41.6 Å². The molecule has 1 rings (SSSR count). The molecule has 118 valence electrons. The average molecular weight is 292 g/mol. The summed E-state index contributed by atoms with van der Waals surface area (Å²) in [7, 11) is 1.69. The second-order valence-corrected chi connectivity index (χ2v) is 5.19. The highest BCUT2D eigenvalue weighted by molar-refractivity contribution is 5.76. The van der Waals surface area contributed by atoms with Gasteiger partial charge in [0.15, 0.2) is 0 Å². The Balaban J connectivity index is 2.37. The van der Waals surface area contributed by atoms with Gasteiger partial charge in [-0.25, -0.2) is 0 Å². The minimum Gasteiger partial charge on any atom is -0.496 e. The number of rotatable bonds is 9. The molecule has 21 heavy (non-hydrogen) atoms. The third-order valence-corrected chi connectivity index (χ3v) is 3.67. The van der Waals surface area contributed by atoms with E-state index in [1.807, 2.05) is 36.9 Å². The van der Waals surface area contributed by atoms with Gasteiger partial charge in [-0.3, -0.25) is 4.79 Å². The molecule has 0 aliphatic heterocycles. The van der Waals surface area contributed by atoms with E-state index in [4.69, 9.17) is 4.74 Å². The summed E-state index contributed by atoms with van der Waals surface area (Å²) < 4.78 is 5.36. The van der Waals surface area contributed by atoms with Gasteiger partial charge in [0.05, 0.1) is 7.11 Å². The van der Waals surface area contributed by atoms with Gasteiger partial charge >= 0.3 is 0 Å². The molecule has 0 bridgehead atoms. The van der Waals surface area contributed by atoms with Gasteiger partial charge in [-0.05, 0) is 38.8 Å². The van der Waals surface area contributed by atoms with Crippen LogP contribution in [-0.2, 0) is 11.2 Å². The molecule has 0 aromatic heterocycles. The third kappa shape index (κ3) is 5.76. The molecule has 1 aromatic carbocycles. The first-order chi connectivity index (χ1) is 10.1. The van der Waals surface area contributed by atoms with Crippen molar-refractivity contribution in [1.82, 2.24) is 10.2 Å². The predicted octanol–water partition coefficient (Wildman–Crippen LogP) is 2.47. The van der Waals surface area contributed by atoms with Crippen LogP contribution in [0.5, 0.6) is 5.75 Å². The van der Waals surface area contributed by atoms with E-state index >= 15 is 0 Å². The summed E-state index contributed by atoms with van der Waals surface area (Å²) in [6, 6.07) is 8.37. The largest absolute Gasteiger partial charge is 0.496 e. The zero-order valence-corrected chi connectivity index (χ0v) is 13.7. The van der Waals surface area contributed by atoms with Crippen molar-refractivity contribution >= 4 is 5.91 Å². The molecule has 4 heteroatoms. The van der Waals surface area contributed by atoms with Crippen LogP contribution >= 0.6 is 0 Å². The van der Waals surface area contributed by atoms with E-state index in [0.717, 1.165) is 25.3 Å². The first kappa shape index (κ1) is 17.5. The van der Waals surface area contributed by atoms with Crippen molar-refractivity contribution in [3.05, 3.63) is 29.8 Å². The number of nitrogens with one attached hydrogen (secondary N) is 1. The van der Waals surface area contributed by atoms with Gasteiger partial charge in [0.25, 0.3) is 0 Å². The Kier molecular flexibility index (Phi) is 7.83. The highest BCUT2D eigenvalue weighted by atomic mass is 16.5. The number of ether oxygens (including phenoxy) is 1. The van der Waals surface area contributed by atoms with E-state index in [-0.39, 0.29) is 5.91 Å². The predicted molar refractivity (Wildman–Crippen MR) is 86.7 cm³/mol. The zero-order valence-electron chi connectivity index (χ0n) is 13.7. The van der Waals surface area contributed by atoms with Crippen LogP contribution < -0.4 is 10.1 Å². The number of hydrogen-bond donors (Lipinski definition) is 1. The van der Waals surface area contributed by atoms with Crippen molar-refractivity contribution in [3.8, 4) is 5.75 Å². The lowest BCUT2D eigenvalue weighted by Gasteiger charge is -2.20. The van der Waals surface area contributed by atoms with Crippen LogP contribution in [0.25, 0.3) is 0 Å². The van der Waals surface area contributed by atoms with E-state index in [0.29, 0.717) is 19.0 Å². The molecule has 0 spiro atoms. The number of para-hydroxylation sites is 1. The first-order valence-corrected chi connectivity index (χ1v) is 7.75. The van der Waals surface area contributed by atoms with Crippen LogP contribution in [0.3, 0.4) is 0 Å². The van der Waals surface area contributed by atoms with Crippen molar-refractivity contribution in [1.29, 1.82) is 0 Å². The Hall–Kier alpha value is -1.55. The number of benzene rings is 1. The van der Waals surface area contributed by atoms with E-state index in [9.17, 15) is 4.79 Å². The molecule has 1 amide bonds. The molecule has 1 aromatic rings. The minimum atomic E-state index is 0.219. The maximum absolute atomic E-state index is 11.9. The number of carbonyl (C=O) groups is 1. The fourth-order valence-electron chi connectivity index (χ4n) is 2.43. The van der Waals surface area contributed by atoms with Crippen LogP contribution in [0.15, 0.2) is 24.3 Å². The maximum Gasteiger partial charge on any atom is 0.223 e. The van der Waals surface area contributed by atoms with E-state index in [2.05, 4.69) is 18.3 Å². The van der Waals surface area contributed by atoms with E-state index in [1.54, 1.807) is 7.11 Å². The van der Waals surface area contributed by atoms with Crippen LogP contribution in [0.2, 0.25) is 0 Å². The molecular weight excluding hydrogens is 264 g/mol. The molecule has 0 fully saturated rings. The summed E-state index contributed by atoms with van der Waals surface area (Å²) in [5.41, 5.74) is 1.19. The number of amides is 1. The number of hydrogen-bond acceptors (Lipinski definition) is 3. The molecule has 0 aliphatic rings. The van der Waals surface area contributed by atoms with Crippen LogP contribution in [0, 0.1) is 0 Å². The smallest absolute Gasteiger partial charge is 0.223 e. The standard InChI is InChI=1S/C17H28N2O2/c1-5-19(6-2)17(20)11-12-18-14(3)13-15-9-7-8-10-16(15)21-4/h7-10,14,18H,5-6,11-13H2,1-4H3. The summed E-state index contributed by atoms with van der Waals surface area (Å²) in [6.45, 7) is 8.44. The monoisotopic (exact) mass is 292 g/mol. The van der Waals surface area contributed by atoms with Gasteiger partial charge in [0.1, 0.15) is 5.75 Å². The van der Waals surface area contributed by atoms with Crippen molar-refractivity contribution in [3.63, 3.8) is 0 Å². The lowest BCUT2D eigenvalue weighted by molar-refractivity contribution is -0.130. The van der Waals surface area contributed by atoms with Crippen LogP contribution in [-0.4, -0.2) is 43.6 Å². The Morgan fingerprint density at radius 1 is 1.29 bits per heavy atom. The average Bonchev–Trinajstić information content (AvgIpc) is 2.49. The fraction of sp³-hybridized carbons (Fsp3) is 0.588.